The molecule has 42 heavy (non-hydrogen) atoms. The van der Waals surface area contributed by atoms with Crippen molar-refractivity contribution in [3.05, 3.63) is 134 Å². The maximum atomic E-state index is 6.42. The lowest BCUT2D eigenvalue weighted by Gasteiger charge is -2.13. The Morgan fingerprint density at radius 1 is 0.405 bits per heavy atom. The second kappa shape index (κ2) is 8.88. The number of benzene rings is 5. The van der Waals surface area contributed by atoms with Crippen LogP contribution in [0.2, 0.25) is 0 Å². The molecule has 0 aliphatic heterocycles. The zero-order valence-electron chi connectivity index (χ0n) is 22.4. The topological polar surface area (TPSA) is 52.1 Å². The second-order valence-electron chi connectivity index (χ2n) is 10.6. The van der Waals surface area contributed by atoms with Crippen LogP contribution in [0.1, 0.15) is 0 Å². The van der Waals surface area contributed by atoms with Crippen molar-refractivity contribution in [2.45, 2.75) is 0 Å². The Morgan fingerprint density at radius 2 is 0.881 bits per heavy atom. The zero-order chi connectivity index (χ0) is 27.6. The Labute approximate surface area is 240 Å². The zero-order valence-corrected chi connectivity index (χ0v) is 22.4. The molecule has 4 nitrogen and oxygen atoms in total. The van der Waals surface area contributed by atoms with Crippen LogP contribution in [0, 0.1) is 0 Å². The van der Waals surface area contributed by atoms with E-state index in [1.807, 2.05) is 60.9 Å². The average Bonchev–Trinajstić information content (AvgIpc) is 3.63. The van der Waals surface area contributed by atoms with Gasteiger partial charge >= 0.3 is 0 Å². The molecule has 0 radical (unpaired) electrons. The molecule has 0 saturated carbocycles. The fraction of sp³-hybridized carbons (Fsp3) is 0. The van der Waals surface area contributed by atoms with Gasteiger partial charge in [0.05, 0.1) is 0 Å². The van der Waals surface area contributed by atoms with Crippen LogP contribution < -0.4 is 0 Å². The summed E-state index contributed by atoms with van der Waals surface area (Å²) in [5, 5.41) is 4.43. The molecule has 5 aromatic carbocycles. The number of hydrogen-bond donors (Lipinski definition) is 0. The first-order chi connectivity index (χ1) is 20.8. The van der Waals surface area contributed by atoms with Gasteiger partial charge in [-0.25, -0.2) is 0 Å². The number of furan rings is 2. The molecule has 0 amide bonds. The van der Waals surface area contributed by atoms with E-state index in [4.69, 9.17) is 18.8 Å². The Bertz CT molecular complexity index is 2350. The van der Waals surface area contributed by atoms with Crippen LogP contribution in [0.15, 0.2) is 143 Å². The molecule has 0 spiro atoms. The fourth-order valence-electron chi connectivity index (χ4n) is 6.24. The molecule has 9 rings (SSSR count). The van der Waals surface area contributed by atoms with Crippen molar-refractivity contribution in [3.63, 3.8) is 0 Å². The third-order valence-electron chi connectivity index (χ3n) is 8.17. The van der Waals surface area contributed by atoms with Crippen LogP contribution in [0.25, 0.3) is 88.3 Å². The van der Waals surface area contributed by atoms with Gasteiger partial charge in [0.1, 0.15) is 22.2 Å². The van der Waals surface area contributed by atoms with Crippen molar-refractivity contribution in [1.82, 2.24) is 9.97 Å². The first kappa shape index (κ1) is 23.0. The average molecular weight is 539 g/mol. The Balaban J connectivity index is 1.36. The molecular formula is C38H22N2O2. The molecular weight excluding hydrogens is 516 g/mol. The Morgan fingerprint density at radius 3 is 1.48 bits per heavy atom. The largest absolute Gasteiger partial charge is 0.454 e. The van der Waals surface area contributed by atoms with Crippen molar-refractivity contribution in [2.24, 2.45) is 0 Å². The van der Waals surface area contributed by atoms with Crippen molar-refractivity contribution >= 4 is 54.9 Å². The van der Waals surface area contributed by atoms with Gasteiger partial charge in [-0.3, -0.25) is 9.97 Å². The number of aromatic nitrogens is 2. The minimum absolute atomic E-state index is 0.781. The molecule has 4 aromatic heterocycles. The van der Waals surface area contributed by atoms with E-state index in [1.54, 1.807) is 0 Å². The Hall–Kier alpha value is -5.74. The first-order valence-corrected chi connectivity index (χ1v) is 14.0. The van der Waals surface area contributed by atoms with Gasteiger partial charge in [-0.1, -0.05) is 66.7 Å². The number of para-hydroxylation sites is 2. The smallest absolute Gasteiger partial charge is 0.161 e. The summed E-state index contributed by atoms with van der Waals surface area (Å²) in [5.74, 6) is 0. The number of hydrogen-bond acceptors (Lipinski definition) is 4. The molecule has 0 bridgehead atoms. The standard InChI is InChI=1S/C38H22N2O2/c1-2-10-27-23(8-1)9-7-13-28(27)24-20-25(29-16-18-39-35-31-11-3-5-14-33(31)41-37(29)35)22-26(21-24)30-17-19-40-36-32-12-4-6-15-34(32)42-38(30)36/h1-22H. The lowest BCUT2D eigenvalue weighted by Crippen LogP contribution is -1.89. The van der Waals surface area contributed by atoms with E-state index in [-0.39, 0.29) is 0 Å². The number of fused-ring (bicyclic) bond motifs is 7. The minimum atomic E-state index is 0.781. The van der Waals surface area contributed by atoms with Crippen molar-refractivity contribution in [1.29, 1.82) is 0 Å². The molecule has 0 N–H and O–H groups in total. The van der Waals surface area contributed by atoms with Crippen LogP contribution >= 0.6 is 0 Å². The number of nitrogens with zero attached hydrogens (tertiary/aromatic N) is 2. The van der Waals surface area contributed by atoms with E-state index in [9.17, 15) is 0 Å². The van der Waals surface area contributed by atoms with Crippen LogP contribution in [0.3, 0.4) is 0 Å². The van der Waals surface area contributed by atoms with Crippen LogP contribution in [0.4, 0.5) is 0 Å². The molecule has 0 fully saturated rings. The summed E-state index contributed by atoms with van der Waals surface area (Å²) < 4.78 is 12.8. The highest BCUT2D eigenvalue weighted by molar-refractivity contribution is 6.10. The number of pyridine rings is 2. The van der Waals surface area contributed by atoms with Crippen LogP contribution in [-0.4, -0.2) is 9.97 Å². The van der Waals surface area contributed by atoms with Gasteiger partial charge in [0, 0.05) is 34.3 Å². The molecule has 4 heterocycles. The summed E-state index contributed by atoms with van der Waals surface area (Å²) >= 11 is 0. The third-order valence-corrected chi connectivity index (χ3v) is 8.17. The van der Waals surface area contributed by atoms with E-state index < -0.39 is 0 Å². The van der Waals surface area contributed by atoms with Crippen molar-refractivity contribution in [2.75, 3.05) is 0 Å². The van der Waals surface area contributed by atoms with Crippen LogP contribution in [-0.2, 0) is 0 Å². The highest BCUT2D eigenvalue weighted by Gasteiger charge is 2.18. The lowest BCUT2D eigenvalue weighted by molar-refractivity contribution is 0.669. The lowest BCUT2D eigenvalue weighted by atomic mass is 9.91. The summed E-state index contributed by atoms with van der Waals surface area (Å²) in [5.41, 5.74) is 11.3. The molecule has 0 atom stereocenters. The van der Waals surface area contributed by atoms with E-state index in [2.05, 4.69) is 72.8 Å². The summed E-state index contributed by atoms with van der Waals surface area (Å²) in [6, 6.07) is 41.9. The highest BCUT2D eigenvalue weighted by Crippen LogP contribution is 2.41. The molecule has 0 aliphatic carbocycles. The van der Waals surface area contributed by atoms with Gasteiger partial charge in [-0.15, -0.1) is 0 Å². The van der Waals surface area contributed by atoms with Gasteiger partial charge in [0.15, 0.2) is 11.2 Å². The van der Waals surface area contributed by atoms with Gasteiger partial charge in [-0.2, -0.15) is 0 Å². The predicted octanol–water partition coefficient (Wildman–Crippen LogP) is 10.4. The van der Waals surface area contributed by atoms with E-state index >= 15 is 0 Å². The maximum Gasteiger partial charge on any atom is 0.161 e. The first-order valence-electron chi connectivity index (χ1n) is 14.0. The molecule has 0 unspecified atom stereocenters. The fourth-order valence-corrected chi connectivity index (χ4v) is 6.24. The highest BCUT2D eigenvalue weighted by atomic mass is 16.3. The molecule has 9 aromatic rings. The van der Waals surface area contributed by atoms with E-state index in [0.29, 0.717) is 0 Å². The Kier molecular flexibility index (Phi) is 4.87. The maximum absolute atomic E-state index is 6.42. The van der Waals surface area contributed by atoms with E-state index in [1.165, 1.54) is 16.3 Å². The SMILES string of the molecule is c1ccc2c(-c3cc(-c4ccnc5c4oc4ccccc45)cc(-c4ccnc5c4oc4ccccc45)c3)cccc2c1. The van der Waals surface area contributed by atoms with Crippen molar-refractivity contribution in [3.8, 4) is 33.4 Å². The predicted molar refractivity (Wildman–Crippen MR) is 170 cm³/mol. The van der Waals surface area contributed by atoms with Gasteiger partial charge in [0.25, 0.3) is 0 Å². The third kappa shape index (κ3) is 3.42. The molecule has 196 valence electrons. The summed E-state index contributed by atoms with van der Waals surface area (Å²) in [6.45, 7) is 0. The molecule has 4 heteroatoms. The minimum Gasteiger partial charge on any atom is -0.454 e. The molecule has 0 saturated heterocycles. The normalized spacial score (nSPS) is 11.8. The summed E-state index contributed by atoms with van der Waals surface area (Å²) in [6.07, 6.45) is 3.74. The van der Waals surface area contributed by atoms with Gasteiger partial charge in [-0.05, 0) is 87.6 Å². The van der Waals surface area contributed by atoms with Crippen LogP contribution in [0.5, 0.6) is 0 Å². The second-order valence-corrected chi connectivity index (χ2v) is 10.6. The monoisotopic (exact) mass is 538 g/mol. The molecule has 0 aliphatic rings. The quantitative estimate of drug-likeness (QED) is 0.224. The summed E-state index contributed by atoms with van der Waals surface area (Å²) in [4.78, 5) is 9.41. The number of rotatable bonds is 3. The van der Waals surface area contributed by atoms with E-state index in [0.717, 1.165) is 72.0 Å². The van der Waals surface area contributed by atoms with Gasteiger partial charge < -0.3 is 8.83 Å². The van der Waals surface area contributed by atoms with Gasteiger partial charge in [0.2, 0.25) is 0 Å². The van der Waals surface area contributed by atoms with Crippen molar-refractivity contribution < 1.29 is 8.83 Å². The summed E-state index contributed by atoms with van der Waals surface area (Å²) in [7, 11) is 0.